The molecule has 0 radical (unpaired) electrons. The van der Waals surface area contributed by atoms with E-state index in [0.29, 0.717) is 0 Å². The van der Waals surface area contributed by atoms with Gasteiger partial charge in [0, 0.05) is 68.4 Å². The first-order valence-electron chi connectivity index (χ1n) is 16.8. The number of rotatable bonds is 4. The largest absolute Gasteiger partial charge is 0.456 e. The molecule has 0 fully saturated rings. The number of hydrogen-bond acceptors (Lipinski definition) is 4. The van der Waals surface area contributed by atoms with Crippen LogP contribution in [0.2, 0.25) is 0 Å². The van der Waals surface area contributed by atoms with Gasteiger partial charge >= 0.3 is 0 Å². The Morgan fingerprint density at radius 2 is 0.900 bits per heavy atom. The fourth-order valence-corrected chi connectivity index (χ4v) is 10.1. The van der Waals surface area contributed by atoms with Gasteiger partial charge in [-0.3, -0.25) is 0 Å². The summed E-state index contributed by atoms with van der Waals surface area (Å²) in [5, 5.41) is 11.5. The lowest BCUT2D eigenvalue weighted by atomic mass is 10.0. The van der Waals surface area contributed by atoms with Crippen molar-refractivity contribution in [1.82, 2.24) is 0 Å². The molecule has 4 heteroatoms. The second-order valence-corrected chi connectivity index (χ2v) is 15.0. The van der Waals surface area contributed by atoms with Crippen molar-refractivity contribution in [2.75, 3.05) is 4.90 Å². The topological polar surface area (TPSA) is 16.4 Å². The van der Waals surface area contributed by atoms with E-state index in [0.717, 1.165) is 39.4 Å². The molecule has 0 aliphatic carbocycles. The first-order valence-corrected chi connectivity index (χ1v) is 18.5. The Balaban J connectivity index is 1.08. The number of hydrogen-bond donors (Lipinski definition) is 0. The van der Waals surface area contributed by atoms with Gasteiger partial charge in [-0.25, -0.2) is 0 Å². The van der Waals surface area contributed by atoms with Crippen LogP contribution >= 0.6 is 22.7 Å². The highest BCUT2D eigenvalue weighted by Crippen LogP contribution is 2.44. The van der Waals surface area contributed by atoms with E-state index in [1.807, 2.05) is 40.9 Å². The summed E-state index contributed by atoms with van der Waals surface area (Å²) in [6.45, 7) is 0. The molecule has 0 saturated carbocycles. The number of furan rings is 1. The molecule has 2 nitrogen and oxygen atoms in total. The highest BCUT2D eigenvalue weighted by atomic mass is 32.1. The molecule has 0 N–H and O–H groups in total. The standard InChI is InChI=1S/C46H27NOS2/c1-4-10-41-31(7-1)27-42(48-41)28-13-17-32(18-14-28)47(33-19-23-35-29(25-33)15-21-39-37-8-2-5-11-43(37)49-45(35)39)34-20-24-36-30(26-34)16-22-40-38-9-3-6-12-44(38)50-46(36)40/h1-27H. The minimum atomic E-state index is 0.875. The van der Waals surface area contributed by atoms with E-state index in [1.165, 1.54) is 61.9 Å². The fourth-order valence-electron chi connectivity index (χ4n) is 7.62. The van der Waals surface area contributed by atoms with Gasteiger partial charge in [0.25, 0.3) is 0 Å². The lowest BCUT2D eigenvalue weighted by molar-refractivity contribution is 0.631. The molecule has 0 unspecified atom stereocenters. The van der Waals surface area contributed by atoms with Gasteiger partial charge in [-0.15, -0.1) is 22.7 Å². The van der Waals surface area contributed by atoms with Crippen molar-refractivity contribution in [1.29, 1.82) is 0 Å². The van der Waals surface area contributed by atoms with Crippen LogP contribution in [0.5, 0.6) is 0 Å². The Bertz CT molecular complexity index is 2920. The number of thiophene rings is 2. The molecule has 0 atom stereocenters. The third kappa shape index (κ3) is 4.26. The predicted octanol–water partition coefficient (Wildman–Crippen LogP) is 14.6. The zero-order chi connectivity index (χ0) is 32.8. The molecule has 0 spiro atoms. The summed E-state index contributed by atoms with van der Waals surface area (Å²) >= 11 is 3.76. The zero-order valence-electron chi connectivity index (χ0n) is 26.8. The third-order valence-electron chi connectivity index (χ3n) is 10.0. The SMILES string of the molecule is c1ccc2oc(-c3ccc(N(c4ccc5c(ccc6c7ccccc7sc56)c4)c4ccc5c(ccc6c7ccccc7sc56)c4)cc3)cc2c1. The summed E-state index contributed by atoms with van der Waals surface area (Å²) in [5.74, 6) is 0.875. The Labute approximate surface area is 295 Å². The van der Waals surface area contributed by atoms with Crippen LogP contribution in [0.15, 0.2) is 168 Å². The summed E-state index contributed by atoms with van der Waals surface area (Å²) < 4.78 is 11.6. The van der Waals surface area contributed by atoms with Crippen LogP contribution in [0.25, 0.3) is 84.2 Å². The van der Waals surface area contributed by atoms with Crippen LogP contribution in [0.4, 0.5) is 17.1 Å². The quantitative estimate of drug-likeness (QED) is 0.185. The van der Waals surface area contributed by atoms with E-state index in [4.69, 9.17) is 4.42 Å². The van der Waals surface area contributed by atoms with E-state index < -0.39 is 0 Å². The van der Waals surface area contributed by atoms with E-state index in [-0.39, 0.29) is 0 Å². The van der Waals surface area contributed by atoms with E-state index in [9.17, 15) is 0 Å². The second kappa shape index (κ2) is 10.8. The fraction of sp³-hybridized carbons (Fsp3) is 0. The van der Waals surface area contributed by atoms with Gasteiger partial charge in [-0.05, 0) is 94.3 Å². The molecule has 8 aromatic carbocycles. The molecule has 11 aromatic rings. The molecule has 0 amide bonds. The molecular weight excluding hydrogens is 647 g/mol. The van der Waals surface area contributed by atoms with Crippen molar-refractivity contribution < 1.29 is 4.42 Å². The number of benzene rings is 8. The minimum Gasteiger partial charge on any atom is -0.456 e. The maximum Gasteiger partial charge on any atom is 0.135 e. The van der Waals surface area contributed by atoms with E-state index in [1.54, 1.807) is 0 Å². The average Bonchev–Trinajstić information content (AvgIpc) is 3.89. The molecule has 0 bridgehead atoms. The van der Waals surface area contributed by atoms with Crippen LogP contribution in [0.1, 0.15) is 0 Å². The van der Waals surface area contributed by atoms with Crippen LogP contribution < -0.4 is 4.90 Å². The zero-order valence-corrected chi connectivity index (χ0v) is 28.4. The first-order chi connectivity index (χ1) is 24.7. The van der Waals surface area contributed by atoms with Crippen molar-refractivity contribution in [3.63, 3.8) is 0 Å². The molecule has 0 saturated heterocycles. The molecule has 11 rings (SSSR count). The Hall–Kier alpha value is -5.94. The number of anilines is 3. The molecular formula is C46H27NOS2. The monoisotopic (exact) mass is 673 g/mol. The van der Waals surface area contributed by atoms with Gasteiger partial charge in [0.2, 0.25) is 0 Å². The maximum absolute atomic E-state index is 6.22. The summed E-state index contributed by atoms with van der Waals surface area (Å²) in [7, 11) is 0. The highest BCUT2D eigenvalue weighted by Gasteiger charge is 2.17. The van der Waals surface area contributed by atoms with Crippen molar-refractivity contribution >= 4 is 113 Å². The van der Waals surface area contributed by atoms with Crippen molar-refractivity contribution in [2.45, 2.75) is 0 Å². The number of fused-ring (bicyclic) bond motifs is 11. The average molecular weight is 674 g/mol. The Kier molecular flexibility index (Phi) is 6.03. The van der Waals surface area contributed by atoms with Crippen LogP contribution in [-0.2, 0) is 0 Å². The van der Waals surface area contributed by atoms with E-state index in [2.05, 4.69) is 150 Å². The van der Waals surface area contributed by atoms with Crippen LogP contribution in [0.3, 0.4) is 0 Å². The van der Waals surface area contributed by atoms with Crippen molar-refractivity contribution in [2.24, 2.45) is 0 Å². The minimum absolute atomic E-state index is 0.875. The molecule has 50 heavy (non-hydrogen) atoms. The molecule has 234 valence electrons. The van der Waals surface area contributed by atoms with Crippen LogP contribution in [0, 0.1) is 0 Å². The third-order valence-corrected chi connectivity index (χ3v) is 12.5. The van der Waals surface area contributed by atoms with Crippen molar-refractivity contribution in [3.05, 3.63) is 164 Å². The normalized spacial score (nSPS) is 12.0. The summed E-state index contributed by atoms with van der Waals surface area (Å²) in [5.41, 5.74) is 5.30. The van der Waals surface area contributed by atoms with Gasteiger partial charge in [0.1, 0.15) is 11.3 Å². The Morgan fingerprint density at radius 1 is 0.380 bits per heavy atom. The van der Waals surface area contributed by atoms with Gasteiger partial charge in [0.05, 0.1) is 0 Å². The molecule has 0 aliphatic heterocycles. The van der Waals surface area contributed by atoms with E-state index >= 15 is 0 Å². The van der Waals surface area contributed by atoms with Gasteiger partial charge < -0.3 is 9.32 Å². The van der Waals surface area contributed by atoms with Crippen LogP contribution in [-0.4, -0.2) is 0 Å². The number of para-hydroxylation sites is 1. The lowest BCUT2D eigenvalue weighted by Crippen LogP contribution is -2.09. The highest BCUT2D eigenvalue weighted by molar-refractivity contribution is 7.27. The van der Waals surface area contributed by atoms with Gasteiger partial charge in [-0.2, -0.15) is 0 Å². The number of nitrogens with zero attached hydrogens (tertiary/aromatic N) is 1. The predicted molar refractivity (Wildman–Crippen MR) is 217 cm³/mol. The smallest absolute Gasteiger partial charge is 0.135 e. The molecule has 3 aromatic heterocycles. The van der Waals surface area contributed by atoms with Gasteiger partial charge in [0.15, 0.2) is 0 Å². The Morgan fingerprint density at radius 3 is 1.50 bits per heavy atom. The first kappa shape index (κ1) is 28.0. The van der Waals surface area contributed by atoms with Gasteiger partial charge in [-0.1, -0.05) is 91.0 Å². The summed E-state index contributed by atoms with van der Waals surface area (Å²) in [4.78, 5) is 2.38. The lowest BCUT2D eigenvalue weighted by Gasteiger charge is -2.26. The summed E-state index contributed by atoms with van der Waals surface area (Å²) in [6.07, 6.45) is 0. The molecule has 0 aliphatic rings. The maximum atomic E-state index is 6.22. The van der Waals surface area contributed by atoms with Crippen molar-refractivity contribution in [3.8, 4) is 11.3 Å². The summed E-state index contributed by atoms with van der Waals surface area (Å²) in [6, 6.07) is 59.5. The second-order valence-electron chi connectivity index (χ2n) is 12.9. The molecule has 3 heterocycles.